The lowest BCUT2D eigenvalue weighted by molar-refractivity contribution is 0.209. The average Bonchev–Trinajstić information content (AvgIpc) is 2.57. The molecule has 122 valence electrons. The van der Waals surface area contributed by atoms with Gasteiger partial charge in [0.05, 0.1) is 0 Å². The molecule has 2 aromatic carbocycles. The van der Waals surface area contributed by atoms with Crippen LogP contribution in [0.25, 0.3) is 0 Å². The molecule has 1 unspecified atom stereocenters. The van der Waals surface area contributed by atoms with Crippen LogP contribution in [0.4, 0.5) is 11.4 Å². The normalized spacial score (nSPS) is 24.5. The number of hydrogen-bond donors (Lipinski definition) is 3. The number of aliphatic hydroxyl groups excluding tert-OH is 1. The molecule has 0 heterocycles. The lowest BCUT2D eigenvalue weighted by Gasteiger charge is -2.37. The van der Waals surface area contributed by atoms with Crippen molar-refractivity contribution in [3.05, 3.63) is 59.7 Å². The molecule has 0 radical (unpaired) electrons. The first kappa shape index (κ1) is 15.9. The van der Waals surface area contributed by atoms with Gasteiger partial charge < -0.3 is 16.6 Å². The van der Waals surface area contributed by atoms with Crippen LogP contribution in [0.3, 0.4) is 0 Å². The average molecular weight is 310 g/mol. The summed E-state index contributed by atoms with van der Waals surface area (Å²) in [6, 6.07) is 16.6. The van der Waals surface area contributed by atoms with E-state index in [4.69, 9.17) is 11.5 Å². The molecule has 1 aliphatic carbocycles. The van der Waals surface area contributed by atoms with Crippen molar-refractivity contribution in [1.29, 1.82) is 0 Å². The smallest absolute Gasteiger partial charge is 0.0433 e. The van der Waals surface area contributed by atoms with Gasteiger partial charge in [0.1, 0.15) is 0 Å². The Kier molecular flexibility index (Phi) is 4.87. The summed E-state index contributed by atoms with van der Waals surface area (Å²) < 4.78 is 0. The Morgan fingerprint density at radius 1 is 0.783 bits per heavy atom. The fourth-order valence-corrected chi connectivity index (χ4v) is 3.96. The van der Waals surface area contributed by atoms with Gasteiger partial charge in [0.2, 0.25) is 0 Å². The fraction of sp³-hybridized carbons (Fsp3) is 0.400. The molecule has 0 saturated heterocycles. The van der Waals surface area contributed by atoms with Gasteiger partial charge in [-0.25, -0.2) is 0 Å². The van der Waals surface area contributed by atoms with E-state index in [1.807, 2.05) is 24.3 Å². The van der Waals surface area contributed by atoms with Gasteiger partial charge in [0, 0.05) is 18.0 Å². The number of nitrogens with two attached hydrogens (primary N) is 2. The zero-order chi connectivity index (χ0) is 16.2. The molecule has 3 heteroatoms. The third-order valence-electron chi connectivity index (χ3n) is 5.23. The van der Waals surface area contributed by atoms with Crippen molar-refractivity contribution in [3.63, 3.8) is 0 Å². The highest BCUT2D eigenvalue weighted by molar-refractivity contribution is 5.43. The van der Waals surface area contributed by atoms with E-state index in [0.29, 0.717) is 17.8 Å². The number of rotatable bonds is 4. The third kappa shape index (κ3) is 3.67. The van der Waals surface area contributed by atoms with Crippen LogP contribution >= 0.6 is 0 Å². The molecule has 3 rings (SSSR count). The van der Waals surface area contributed by atoms with Gasteiger partial charge >= 0.3 is 0 Å². The highest BCUT2D eigenvalue weighted by Gasteiger charge is 2.32. The molecule has 2 aromatic rings. The number of nitrogen functional groups attached to an aromatic ring is 2. The van der Waals surface area contributed by atoms with Crippen molar-refractivity contribution in [2.45, 2.75) is 37.5 Å². The van der Waals surface area contributed by atoms with Crippen molar-refractivity contribution in [1.82, 2.24) is 0 Å². The monoisotopic (exact) mass is 310 g/mol. The second kappa shape index (κ2) is 7.05. The quantitative estimate of drug-likeness (QED) is 0.750. The molecule has 5 N–H and O–H groups in total. The summed E-state index contributed by atoms with van der Waals surface area (Å²) in [5, 5.41) is 9.29. The maximum Gasteiger partial charge on any atom is 0.0433 e. The molecule has 0 spiro atoms. The largest absolute Gasteiger partial charge is 0.399 e. The lowest BCUT2D eigenvalue weighted by atomic mass is 9.68. The highest BCUT2D eigenvalue weighted by atomic mass is 16.3. The minimum Gasteiger partial charge on any atom is -0.399 e. The van der Waals surface area contributed by atoms with Crippen LogP contribution in [-0.2, 0) is 0 Å². The van der Waals surface area contributed by atoms with E-state index < -0.39 is 0 Å². The Labute approximate surface area is 138 Å². The molecular formula is C20H26N2O. The second-order valence-electron chi connectivity index (χ2n) is 6.74. The van der Waals surface area contributed by atoms with E-state index in [-0.39, 0.29) is 6.61 Å². The first-order chi connectivity index (χ1) is 11.2. The highest BCUT2D eigenvalue weighted by Crippen LogP contribution is 2.47. The zero-order valence-electron chi connectivity index (χ0n) is 13.5. The van der Waals surface area contributed by atoms with Gasteiger partial charge in [-0.2, -0.15) is 0 Å². The van der Waals surface area contributed by atoms with Gasteiger partial charge in [-0.15, -0.1) is 0 Å². The maximum absolute atomic E-state index is 9.29. The SMILES string of the molecule is Nc1ccc([C@@H]2CCC(CCO)C[C@H]2c2ccc(N)cc2)cc1. The fourth-order valence-electron chi connectivity index (χ4n) is 3.96. The minimum atomic E-state index is 0.283. The summed E-state index contributed by atoms with van der Waals surface area (Å²) >= 11 is 0. The van der Waals surface area contributed by atoms with Gasteiger partial charge in [0.15, 0.2) is 0 Å². The van der Waals surface area contributed by atoms with Gasteiger partial charge in [-0.3, -0.25) is 0 Å². The van der Waals surface area contributed by atoms with Crippen molar-refractivity contribution in [3.8, 4) is 0 Å². The van der Waals surface area contributed by atoms with Crippen LogP contribution in [0.5, 0.6) is 0 Å². The summed E-state index contributed by atoms with van der Waals surface area (Å²) in [5.74, 6) is 1.59. The number of hydrogen-bond acceptors (Lipinski definition) is 3. The third-order valence-corrected chi connectivity index (χ3v) is 5.23. The van der Waals surface area contributed by atoms with Gasteiger partial charge in [-0.05, 0) is 78.8 Å². The topological polar surface area (TPSA) is 72.3 Å². The molecular weight excluding hydrogens is 284 g/mol. The van der Waals surface area contributed by atoms with Crippen molar-refractivity contribution in [2.24, 2.45) is 5.92 Å². The zero-order valence-corrected chi connectivity index (χ0v) is 13.5. The predicted molar refractivity (Wildman–Crippen MR) is 96.2 cm³/mol. The molecule has 1 aliphatic rings. The Bertz CT molecular complexity index is 621. The molecule has 3 nitrogen and oxygen atoms in total. The Balaban J connectivity index is 1.89. The Hall–Kier alpha value is -2.00. The lowest BCUT2D eigenvalue weighted by Crippen LogP contribution is -2.23. The Morgan fingerprint density at radius 2 is 1.30 bits per heavy atom. The standard InChI is InChI=1S/C20H26N2O/c21-17-6-2-15(3-7-17)19-10-1-14(11-12-23)13-20(19)16-4-8-18(22)9-5-16/h2-9,14,19-20,23H,1,10-13,21-22H2/t14?,19-,20-/m0/s1. The predicted octanol–water partition coefficient (Wildman–Crippen LogP) is 3.90. The molecule has 1 fully saturated rings. The molecule has 0 bridgehead atoms. The van der Waals surface area contributed by atoms with Crippen LogP contribution in [0, 0.1) is 5.92 Å². The molecule has 1 saturated carbocycles. The van der Waals surface area contributed by atoms with Crippen molar-refractivity contribution < 1.29 is 5.11 Å². The first-order valence-electron chi connectivity index (χ1n) is 8.49. The van der Waals surface area contributed by atoms with E-state index in [1.165, 1.54) is 17.5 Å². The van der Waals surface area contributed by atoms with Crippen LogP contribution in [0.2, 0.25) is 0 Å². The number of benzene rings is 2. The minimum absolute atomic E-state index is 0.283. The molecule has 0 aromatic heterocycles. The summed E-state index contributed by atoms with van der Waals surface area (Å²) in [6.45, 7) is 0.283. The first-order valence-corrected chi connectivity index (χ1v) is 8.49. The number of aliphatic hydroxyl groups is 1. The van der Waals surface area contributed by atoms with Gasteiger partial charge in [0.25, 0.3) is 0 Å². The van der Waals surface area contributed by atoms with Crippen molar-refractivity contribution in [2.75, 3.05) is 18.1 Å². The van der Waals surface area contributed by atoms with Crippen LogP contribution in [0.15, 0.2) is 48.5 Å². The summed E-state index contributed by atoms with van der Waals surface area (Å²) in [5.41, 5.74) is 16.0. The van der Waals surface area contributed by atoms with Gasteiger partial charge in [-0.1, -0.05) is 24.3 Å². The number of anilines is 2. The van der Waals surface area contributed by atoms with Crippen LogP contribution < -0.4 is 11.5 Å². The summed E-state index contributed by atoms with van der Waals surface area (Å²) in [4.78, 5) is 0. The van der Waals surface area contributed by atoms with E-state index >= 15 is 0 Å². The molecule has 3 atom stereocenters. The van der Waals surface area contributed by atoms with Crippen LogP contribution in [0.1, 0.15) is 48.6 Å². The maximum atomic E-state index is 9.29. The van der Waals surface area contributed by atoms with Crippen LogP contribution in [-0.4, -0.2) is 11.7 Å². The second-order valence-corrected chi connectivity index (χ2v) is 6.74. The molecule has 0 aliphatic heterocycles. The molecule has 23 heavy (non-hydrogen) atoms. The van der Waals surface area contributed by atoms with E-state index in [9.17, 15) is 5.11 Å². The van der Waals surface area contributed by atoms with E-state index in [2.05, 4.69) is 24.3 Å². The van der Waals surface area contributed by atoms with E-state index in [0.717, 1.165) is 30.6 Å². The Morgan fingerprint density at radius 3 is 1.83 bits per heavy atom. The summed E-state index contributed by atoms with van der Waals surface area (Å²) in [6.07, 6.45) is 4.37. The molecule has 0 amide bonds. The van der Waals surface area contributed by atoms with Crippen molar-refractivity contribution >= 4 is 11.4 Å². The summed E-state index contributed by atoms with van der Waals surface area (Å²) in [7, 11) is 0. The van der Waals surface area contributed by atoms with E-state index in [1.54, 1.807) is 0 Å².